The van der Waals surface area contributed by atoms with Crippen molar-refractivity contribution in [2.75, 3.05) is 45.9 Å². The highest BCUT2D eigenvalue weighted by Gasteiger charge is 2.26. The maximum absolute atomic E-state index is 12.4. The Labute approximate surface area is 171 Å². The van der Waals surface area contributed by atoms with Crippen LogP contribution in [-0.4, -0.2) is 62.8 Å². The fourth-order valence-electron chi connectivity index (χ4n) is 4.51. The minimum atomic E-state index is 0. The predicted octanol–water partition coefficient (Wildman–Crippen LogP) is 2.47. The summed E-state index contributed by atoms with van der Waals surface area (Å²) in [7, 11) is 0. The van der Waals surface area contributed by atoms with Gasteiger partial charge in [-0.3, -0.25) is 4.79 Å². The third kappa shape index (κ3) is 7.51. The Hall–Kier alpha value is -0.0700. The van der Waals surface area contributed by atoms with Crippen molar-refractivity contribution in [1.82, 2.24) is 15.5 Å². The number of amides is 1. The van der Waals surface area contributed by atoms with Gasteiger partial charge in [0, 0.05) is 38.7 Å². The topological polar surface area (TPSA) is 53.6 Å². The number of nitrogens with one attached hydrogen (secondary N) is 2. The zero-order chi connectivity index (χ0) is 16.8. The lowest BCUT2D eigenvalue weighted by Crippen LogP contribution is -2.46. The van der Waals surface area contributed by atoms with Crippen molar-refractivity contribution in [3.8, 4) is 0 Å². The number of piperidine rings is 2. The number of hydrogen-bond acceptors (Lipinski definition) is 4. The van der Waals surface area contributed by atoms with Gasteiger partial charge in [-0.1, -0.05) is 6.92 Å². The normalized spacial score (nSPS) is 26.6. The van der Waals surface area contributed by atoms with Crippen LogP contribution in [0.2, 0.25) is 0 Å². The van der Waals surface area contributed by atoms with Crippen LogP contribution in [-0.2, 0) is 9.53 Å². The first-order valence-electron chi connectivity index (χ1n) is 10.0. The minimum absolute atomic E-state index is 0. The van der Waals surface area contributed by atoms with Gasteiger partial charge in [-0.15, -0.1) is 24.8 Å². The number of halogens is 2. The highest BCUT2D eigenvalue weighted by molar-refractivity contribution is 5.85. The molecule has 3 fully saturated rings. The van der Waals surface area contributed by atoms with E-state index in [0.717, 1.165) is 58.2 Å². The molecule has 2 unspecified atom stereocenters. The average Bonchev–Trinajstić information content (AvgIpc) is 3.10. The van der Waals surface area contributed by atoms with E-state index in [0.29, 0.717) is 24.3 Å². The molecular weight excluding hydrogens is 373 g/mol. The van der Waals surface area contributed by atoms with Crippen LogP contribution in [0.1, 0.15) is 45.4 Å². The maximum Gasteiger partial charge on any atom is 0.220 e. The van der Waals surface area contributed by atoms with Crippen LogP contribution in [0.25, 0.3) is 0 Å². The smallest absolute Gasteiger partial charge is 0.220 e. The van der Waals surface area contributed by atoms with Gasteiger partial charge in [0.2, 0.25) is 5.91 Å². The van der Waals surface area contributed by atoms with Gasteiger partial charge in [0.15, 0.2) is 0 Å². The SMILES string of the molecule is CC(CC(=O)NC1CCN(CC2CCOC2)CC1)C1CCNCC1.Cl.Cl. The standard InChI is InChI=1S/C19H35N3O2.2ClH/c1-15(17-2-7-20-8-3-17)12-19(23)21-18-4-9-22(10-5-18)13-16-6-11-24-14-16;;/h15-18,20H,2-14H2,1H3,(H,21,23);2*1H. The first-order chi connectivity index (χ1) is 11.7. The molecule has 0 aliphatic carbocycles. The van der Waals surface area contributed by atoms with Gasteiger partial charge in [-0.2, -0.15) is 0 Å². The fourth-order valence-corrected chi connectivity index (χ4v) is 4.51. The second-order valence-corrected chi connectivity index (χ2v) is 8.14. The molecule has 3 aliphatic rings. The second-order valence-electron chi connectivity index (χ2n) is 8.14. The summed E-state index contributed by atoms with van der Waals surface area (Å²) < 4.78 is 5.47. The number of carbonyl (C=O) groups excluding carboxylic acids is 1. The second kappa shape index (κ2) is 12.4. The third-order valence-corrected chi connectivity index (χ3v) is 6.19. The highest BCUT2D eigenvalue weighted by atomic mass is 35.5. The Balaban J connectivity index is 0.00000169. The number of ether oxygens (including phenoxy) is 1. The number of carbonyl (C=O) groups is 1. The first-order valence-corrected chi connectivity index (χ1v) is 10.0. The Morgan fingerprint density at radius 1 is 1.15 bits per heavy atom. The molecule has 154 valence electrons. The lowest BCUT2D eigenvalue weighted by molar-refractivity contribution is -0.123. The van der Waals surface area contributed by atoms with E-state index in [-0.39, 0.29) is 30.7 Å². The van der Waals surface area contributed by atoms with Crippen LogP contribution in [0.3, 0.4) is 0 Å². The predicted molar refractivity (Wildman–Crippen MR) is 110 cm³/mol. The lowest BCUT2D eigenvalue weighted by Gasteiger charge is -2.34. The summed E-state index contributed by atoms with van der Waals surface area (Å²) in [5, 5.41) is 6.70. The zero-order valence-corrected chi connectivity index (χ0v) is 17.7. The van der Waals surface area contributed by atoms with Crippen LogP contribution in [0.15, 0.2) is 0 Å². The van der Waals surface area contributed by atoms with E-state index >= 15 is 0 Å². The summed E-state index contributed by atoms with van der Waals surface area (Å²) in [6, 6.07) is 0.383. The molecule has 2 N–H and O–H groups in total. The molecule has 0 aromatic rings. The molecule has 26 heavy (non-hydrogen) atoms. The molecule has 3 rings (SSSR count). The fraction of sp³-hybridized carbons (Fsp3) is 0.947. The van der Waals surface area contributed by atoms with Crippen molar-refractivity contribution in [2.24, 2.45) is 17.8 Å². The average molecular weight is 410 g/mol. The number of likely N-dealkylation sites (tertiary alicyclic amines) is 1. The van der Waals surface area contributed by atoms with Gasteiger partial charge in [0.25, 0.3) is 0 Å². The van der Waals surface area contributed by atoms with E-state index in [2.05, 4.69) is 22.5 Å². The van der Waals surface area contributed by atoms with Crippen molar-refractivity contribution in [3.63, 3.8) is 0 Å². The quantitative estimate of drug-likeness (QED) is 0.707. The Morgan fingerprint density at radius 3 is 2.46 bits per heavy atom. The van der Waals surface area contributed by atoms with Gasteiger partial charge in [0.1, 0.15) is 0 Å². The van der Waals surface area contributed by atoms with Crippen molar-refractivity contribution in [1.29, 1.82) is 0 Å². The zero-order valence-electron chi connectivity index (χ0n) is 16.1. The molecule has 2 atom stereocenters. The van der Waals surface area contributed by atoms with Crippen molar-refractivity contribution < 1.29 is 9.53 Å². The van der Waals surface area contributed by atoms with Crippen molar-refractivity contribution in [2.45, 2.75) is 51.5 Å². The third-order valence-electron chi connectivity index (χ3n) is 6.19. The van der Waals surface area contributed by atoms with E-state index < -0.39 is 0 Å². The molecule has 0 bridgehead atoms. The van der Waals surface area contributed by atoms with Gasteiger partial charge < -0.3 is 20.3 Å². The summed E-state index contributed by atoms with van der Waals surface area (Å²) in [5.74, 6) is 2.22. The van der Waals surface area contributed by atoms with Crippen LogP contribution >= 0.6 is 24.8 Å². The van der Waals surface area contributed by atoms with Gasteiger partial charge in [0.05, 0.1) is 6.61 Å². The van der Waals surface area contributed by atoms with Crippen LogP contribution in [0.5, 0.6) is 0 Å². The molecular formula is C19H37Cl2N3O2. The number of nitrogens with zero attached hydrogens (tertiary/aromatic N) is 1. The molecule has 3 heterocycles. The largest absolute Gasteiger partial charge is 0.381 e. The molecule has 5 nitrogen and oxygen atoms in total. The minimum Gasteiger partial charge on any atom is -0.381 e. The number of hydrogen-bond donors (Lipinski definition) is 2. The molecule has 0 saturated carbocycles. The van der Waals surface area contributed by atoms with Crippen LogP contribution < -0.4 is 10.6 Å². The highest BCUT2D eigenvalue weighted by Crippen LogP contribution is 2.24. The van der Waals surface area contributed by atoms with Crippen LogP contribution in [0, 0.1) is 17.8 Å². The van der Waals surface area contributed by atoms with Crippen molar-refractivity contribution >= 4 is 30.7 Å². The van der Waals surface area contributed by atoms with E-state index in [4.69, 9.17) is 4.74 Å². The van der Waals surface area contributed by atoms with E-state index in [1.807, 2.05) is 0 Å². The van der Waals surface area contributed by atoms with Crippen molar-refractivity contribution in [3.05, 3.63) is 0 Å². The molecule has 3 aliphatic heterocycles. The summed E-state index contributed by atoms with van der Waals surface area (Å²) in [6.45, 7) is 9.76. The van der Waals surface area contributed by atoms with Gasteiger partial charge in [-0.05, 0) is 62.9 Å². The first kappa shape index (κ1) is 24.0. The Kier molecular flexibility index (Phi) is 11.4. The summed E-state index contributed by atoms with van der Waals surface area (Å²) in [4.78, 5) is 14.9. The maximum atomic E-state index is 12.4. The molecule has 7 heteroatoms. The van der Waals surface area contributed by atoms with E-state index in [9.17, 15) is 4.79 Å². The summed E-state index contributed by atoms with van der Waals surface area (Å²) in [6.07, 6.45) is 6.55. The summed E-state index contributed by atoms with van der Waals surface area (Å²) >= 11 is 0. The van der Waals surface area contributed by atoms with E-state index in [1.54, 1.807) is 0 Å². The van der Waals surface area contributed by atoms with Gasteiger partial charge in [-0.25, -0.2) is 0 Å². The lowest BCUT2D eigenvalue weighted by atomic mass is 9.84. The van der Waals surface area contributed by atoms with Gasteiger partial charge >= 0.3 is 0 Å². The van der Waals surface area contributed by atoms with Crippen LogP contribution in [0.4, 0.5) is 0 Å². The molecule has 0 aromatic heterocycles. The molecule has 1 amide bonds. The van der Waals surface area contributed by atoms with E-state index in [1.165, 1.54) is 25.8 Å². The Morgan fingerprint density at radius 2 is 1.85 bits per heavy atom. The monoisotopic (exact) mass is 409 g/mol. The molecule has 0 spiro atoms. The summed E-state index contributed by atoms with van der Waals surface area (Å²) in [5.41, 5.74) is 0. The number of rotatable bonds is 6. The molecule has 0 radical (unpaired) electrons. The molecule has 0 aromatic carbocycles. The Bertz CT molecular complexity index is 394. The molecule has 3 saturated heterocycles.